The summed E-state index contributed by atoms with van der Waals surface area (Å²) in [5.74, 6) is -1.14. The second-order valence-corrected chi connectivity index (χ2v) is 6.93. The summed E-state index contributed by atoms with van der Waals surface area (Å²) in [7, 11) is 0. The molecular formula is C22H16F4N4O. The molecule has 4 rings (SSSR count). The van der Waals surface area contributed by atoms with E-state index in [0.29, 0.717) is 4.52 Å². The van der Waals surface area contributed by atoms with Gasteiger partial charge in [0.05, 0.1) is 17.9 Å². The van der Waals surface area contributed by atoms with E-state index in [9.17, 15) is 22.4 Å². The number of carbonyl (C=O) groups excluding carboxylic acids is 1. The van der Waals surface area contributed by atoms with Crippen molar-refractivity contribution in [1.29, 1.82) is 0 Å². The number of amides is 1. The number of nitrogens with zero attached hydrogens (tertiary/aromatic N) is 3. The highest BCUT2D eigenvalue weighted by Gasteiger charge is 2.36. The topological polar surface area (TPSA) is 59.3 Å². The highest BCUT2D eigenvalue weighted by molar-refractivity contribution is 6.00. The smallest absolute Gasteiger partial charge is 0.345 e. The molecule has 2 aromatic carbocycles. The van der Waals surface area contributed by atoms with E-state index in [1.165, 1.54) is 12.1 Å². The van der Waals surface area contributed by atoms with Gasteiger partial charge in [0.1, 0.15) is 11.4 Å². The predicted molar refractivity (Wildman–Crippen MR) is 106 cm³/mol. The molecule has 0 unspecified atom stereocenters. The predicted octanol–water partition coefficient (Wildman–Crippen LogP) is 5.05. The van der Waals surface area contributed by atoms with Crippen molar-refractivity contribution in [2.75, 3.05) is 0 Å². The number of hydrogen-bond donors (Lipinski definition) is 1. The third kappa shape index (κ3) is 4.11. The summed E-state index contributed by atoms with van der Waals surface area (Å²) in [5, 5.41) is 6.50. The standard InChI is InChI=1S/C22H16F4N4O/c1-13(14-5-3-2-4-6-14)28-21(31)17-12-27-30-19(22(24,25)26)11-18(29-20(17)30)15-7-9-16(23)10-8-15/h2-13H,1H3,(H,28,31)/t13-/m1/s1. The van der Waals surface area contributed by atoms with Crippen molar-refractivity contribution < 1.29 is 22.4 Å². The number of aromatic nitrogens is 3. The van der Waals surface area contributed by atoms with Gasteiger partial charge >= 0.3 is 6.18 Å². The van der Waals surface area contributed by atoms with Crippen LogP contribution in [0, 0.1) is 5.82 Å². The average molecular weight is 428 g/mol. The number of halogens is 4. The quantitative estimate of drug-likeness (QED) is 0.463. The number of rotatable bonds is 4. The monoisotopic (exact) mass is 428 g/mol. The number of benzene rings is 2. The van der Waals surface area contributed by atoms with Gasteiger partial charge in [-0.25, -0.2) is 13.9 Å². The number of alkyl halides is 3. The first-order valence-corrected chi connectivity index (χ1v) is 9.32. The van der Waals surface area contributed by atoms with Gasteiger partial charge in [-0.2, -0.15) is 18.3 Å². The summed E-state index contributed by atoms with van der Waals surface area (Å²) in [6, 6.07) is 14.5. The average Bonchev–Trinajstić information content (AvgIpc) is 3.17. The molecule has 0 bridgehead atoms. The highest BCUT2D eigenvalue weighted by Crippen LogP contribution is 2.33. The lowest BCUT2D eigenvalue weighted by molar-refractivity contribution is -0.142. The Labute approximate surface area is 174 Å². The molecule has 0 aliphatic heterocycles. The van der Waals surface area contributed by atoms with Crippen LogP contribution in [0.2, 0.25) is 0 Å². The Morgan fingerprint density at radius 2 is 1.74 bits per heavy atom. The Morgan fingerprint density at radius 1 is 1.06 bits per heavy atom. The van der Waals surface area contributed by atoms with E-state index in [4.69, 9.17) is 0 Å². The summed E-state index contributed by atoms with van der Waals surface area (Å²) in [6.45, 7) is 1.76. The Morgan fingerprint density at radius 3 is 2.39 bits per heavy atom. The Balaban J connectivity index is 1.79. The lowest BCUT2D eigenvalue weighted by Crippen LogP contribution is -2.26. The van der Waals surface area contributed by atoms with Crippen molar-refractivity contribution in [2.24, 2.45) is 0 Å². The number of hydrogen-bond acceptors (Lipinski definition) is 3. The van der Waals surface area contributed by atoms with Crippen molar-refractivity contribution in [3.63, 3.8) is 0 Å². The first kappa shape index (κ1) is 20.5. The molecule has 4 aromatic rings. The summed E-state index contributed by atoms with van der Waals surface area (Å²) in [4.78, 5) is 17.0. The number of carbonyl (C=O) groups is 1. The van der Waals surface area contributed by atoms with E-state index in [2.05, 4.69) is 15.4 Å². The number of fused-ring (bicyclic) bond motifs is 1. The minimum atomic E-state index is -4.74. The maximum Gasteiger partial charge on any atom is 0.433 e. The van der Waals surface area contributed by atoms with Gasteiger partial charge in [0, 0.05) is 5.56 Å². The van der Waals surface area contributed by atoms with Crippen LogP contribution in [0.4, 0.5) is 17.6 Å². The molecule has 1 atom stereocenters. The third-order valence-electron chi connectivity index (χ3n) is 4.79. The van der Waals surface area contributed by atoms with E-state index < -0.39 is 23.6 Å². The minimum absolute atomic E-state index is 0.0505. The van der Waals surface area contributed by atoms with Crippen LogP contribution in [0.5, 0.6) is 0 Å². The molecule has 1 amide bonds. The minimum Gasteiger partial charge on any atom is -0.345 e. The van der Waals surface area contributed by atoms with Crippen LogP contribution in [0.15, 0.2) is 66.9 Å². The summed E-state index contributed by atoms with van der Waals surface area (Å²) in [6.07, 6.45) is -3.69. The van der Waals surface area contributed by atoms with E-state index in [1.807, 2.05) is 30.3 Å². The summed E-state index contributed by atoms with van der Waals surface area (Å²) >= 11 is 0. The molecule has 0 radical (unpaired) electrons. The lowest BCUT2D eigenvalue weighted by Gasteiger charge is -2.14. The largest absolute Gasteiger partial charge is 0.433 e. The van der Waals surface area contributed by atoms with E-state index in [-0.39, 0.29) is 28.5 Å². The zero-order chi connectivity index (χ0) is 22.2. The van der Waals surface area contributed by atoms with E-state index in [0.717, 1.165) is 30.0 Å². The Bertz CT molecular complexity index is 1230. The molecule has 2 aromatic heterocycles. The third-order valence-corrected chi connectivity index (χ3v) is 4.79. The fourth-order valence-electron chi connectivity index (χ4n) is 3.19. The summed E-state index contributed by atoms with van der Waals surface area (Å²) < 4.78 is 54.8. The molecule has 5 nitrogen and oxygen atoms in total. The molecule has 31 heavy (non-hydrogen) atoms. The molecule has 0 saturated carbocycles. The van der Waals surface area contributed by atoms with Crippen molar-refractivity contribution in [2.45, 2.75) is 19.1 Å². The van der Waals surface area contributed by atoms with Crippen molar-refractivity contribution in [3.8, 4) is 11.3 Å². The number of nitrogens with one attached hydrogen (secondary N) is 1. The molecule has 0 fully saturated rings. The van der Waals surface area contributed by atoms with Crippen LogP contribution in [-0.4, -0.2) is 20.5 Å². The lowest BCUT2D eigenvalue weighted by atomic mass is 10.1. The van der Waals surface area contributed by atoms with Gasteiger partial charge < -0.3 is 5.32 Å². The molecular weight excluding hydrogens is 412 g/mol. The molecule has 9 heteroatoms. The first-order chi connectivity index (χ1) is 14.7. The maximum atomic E-state index is 13.7. The van der Waals surface area contributed by atoms with Gasteiger partial charge in [-0.05, 0) is 42.8 Å². The van der Waals surface area contributed by atoms with Gasteiger partial charge in [-0.3, -0.25) is 4.79 Å². The molecule has 2 heterocycles. The van der Waals surface area contributed by atoms with Gasteiger partial charge in [-0.1, -0.05) is 30.3 Å². The molecule has 0 aliphatic carbocycles. The zero-order valence-electron chi connectivity index (χ0n) is 16.2. The Hall–Kier alpha value is -3.75. The van der Waals surface area contributed by atoms with Crippen LogP contribution in [0.25, 0.3) is 16.9 Å². The van der Waals surface area contributed by atoms with Crippen LogP contribution < -0.4 is 5.32 Å². The molecule has 0 spiro atoms. The van der Waals surface area contributed by atoms with Crippen LogP contribution in [-0.2, 0) is 6.18 Å². The zero-order valence-corrected chi connectivity index (χ0v) is 16.2. The molecule has 158 valence electrons. The highest BCUT2D eigenvalue weighted by atomic mass is 19.4. The van der Waals surface area contributed by atoms with Crippen molar-refractivity contribution >= 4 is 11.6 Å². The molecule has 0 aliphatic rings. The Kier molecular flexibility index (Phi) is 5.18. The maximum absolute atomic E-state index is 13.7. The molecule has 0 saturated heterocycles. The second kappa shape index (κ2) is 7.82. The summed E-state index contributed by atoms with van der Waals surface area (Å²) in [5.41, 5.74) is -0.371. The fraction of sp³-hybridized carbons (Fsp3) is 0.136. The fourth-order valence-corrected chi connectivity index (χ4v) is 3.19. The second-order valence-electron chi connectivity index (χ2n) is 6.93. The normalized spacial score (nSPS) is 12.7. The van der Waals surface area contributed by atoms with Crippen molar-refractivity contribution in [3.05, 3.63) is 89.5 Å². The van der Waals surface area contributed by atoms with Crippen LogP contribution in [0.1, 0.15) is 34.6 Å². The SMILES string of the molecule is C[C@@H](NC(=O)c1cnn2c(C(F)(F)F)cc(-c3ccc(F)cc3)nc12)c1ccccc1. The van der Waals surface area contributed by atoms with Crippen LogP contribution in [0.3, 0.4) is 0 Å². The van der Waals surface area contributed by atoms with E-state index >= 15 is 0 Å². The van der Waals surface area contributed by atoms with Crippen molar-refractivity contribution in [1.82, 2.24) is 19.9 Å². The first-order valence-electron chi connectivity index (χ1n) is 9.32. The van der Waals surface area contributed by atoms with Gasteiger partial charge in [0.15, 0.2) is 11.3 Å². The van der Waals surface area contributed by atoms with Gasteiger partial charge in [-0.15, -0.1) is 0 Å². The van der Waals surface area contributed by atoms with Gasteiger partial charge in [0.2, 0.25) is 0 Å². The molecule has 1 N–H and O–H groups in total. The van der Waals surface area contributed by atoms with E-state index in [1.54, 1.807) is 6.92 Å². The van der Waals surface area contributed by atoms with Crippen LogP contribution >= 0.6 is 0 Å². The van der Waals surface area contributed by atoms with Gasteiger partial charge in [0.25, 0.3) is 5.91 Å².